The molecule has 1 N–H and O–H groups in total. The van der Waals surface area contributed by atoms with E-state index in [2.05, 4.69) is 58.8 Å². The molecule has 1 fully saturated rings. The lowest BCUT2D eigenvalue weighted by atomic mass is 9.94. The van der Waals surface area contributed by atoms with Gasteiger partial charge in [0.2, 0.25) is 0 Å². The molecule has 1 unspecified atom stereocenters. The molecule has 0 aromatic heterocycles. The van der Waals surface area contributed by atoms with Gasteiger partial charge in [0.05, 0.1) is 5.60 Å². The maximum absolute atomic E-state index is 10.3. The number of hydrogen-bond donors (Lipinski definition) is 1. The van der Waals surface area contributed by atoms with Crippen molar-refractivity contribution >= 4 is 22.6 Å². The molecule has 1 saturated heterocycles. The van der Waals surface area contributed by atoms with Gasteiger partial charge in [0.1, 0.15) is 0 Å². The molecule has 0 radical (unpaired) electrons. The van der Waals surface area contributed by atoms with Crippen molar-refractivity contribution in [2.45, 2.75) is 18.4 Å². The highest BCUT2D eigenvalue weighted by Gasteiger charge is 2.34. The third-order valence-corrected chi connectivity index (χ3v) is 3.69. The Hall–Kier alpha value is -0.130. The average molecular weight is 317 g/mol. The summed E-state index contributed by atoms with van der Waals surface area (Å²) in [5.41, 5.74) is 0.717. The number of hydrogen-bond acceptors (Lipinski definition) is 2. The Morgan fingerprint density at radius 3 is 2.60 bits per heavy atom. The largest absolute Gasteiger partial charge is 0.388 e. The second kappa shape index (κ2) is 4.39. The standard InChI is InChI=1S/C12H16INO/c1-14-7-6-12(15,9-14)8-10-2-4-11(13)5-3-10/h2-5,15H,6-9H2,1H3. The monoisotopic (exact) mass is 317 g/mol. The van der Waals surface area contributed by atoms with Gasteiger partial charge >= 0.3 is 0 Å². The Kier molecular flexibility index (Phi) is 3.33. The van der Waals surface area contributed by atoms with E-state index in [1.165, 1.54) is 9.13 Å². The van der Waals surface area contributed by atoms with Gasteiger partial charge in [0.25, 0.3) is 0 Å². The molecule has 0 saturated carbocycles. The zero-order chi connectivity index (χ0) is 10.9. The Morgan fingerprint density at radius 2 is 2.07 bits per heavy atom. The highest BCUT2D eigenvalue weighted by Crippen LogP contribution is 2.24. The number of benzene rings is 1. The van der Waals surface area contributed by atoms with Crippen molar-refractivity contribution in [2.24, 2.45) is 0 Å². The van der Waals surface area contributed by atoms with Crippen LogP contribution < -0.4 is 0 Å². The van der Waals surface area contributed by atoms with Gasteiger partial charge in [-0.05, 0) is 53.8 Å². The summed E-state index contributed by atoms with van der Waals surface area (Å²) >= 11 is 2.30. The van der Waals surface area contributed by atoms with Crippen LogP contribution in [0.25, 0.3) is 0 Å². The smallest absolute Gasteiger partial charge is 0.0826 e. The summed E-state index contributed by atoms with van der Waals surface area (Å²) in [6.45, 7) is 1.79. The number of nitrogens with zero attached hydrogens (tertiary/aromatic N) is 1. The number of likely N-dealkylation sites (N-methyl/N-ethyl adjacent to an activating group) is 1. The van der Waals surface area contributed by atoms with Gasteiger partial charge in [-0.25, -0.2) is 0 Å². The number of halogens is 1. The molecular formula is C12H16INO. The minimum Gasteiger partial charge on any atom is -0.388 e. The molecule has 1 heterocycles. The fourth-order valence-electron chi connectivity index (χ4n) is 2.19. The molecule has 15 heavy (non-hydrogen) atoms. The van der Waals surface area contributed by atoms with E-state index in [9.17, 15) is 5.11 Å². The van der Waals surface area contributed by atoms with Gasteiger partial charge in [0.15, 0.2) is 0 Å². The van der Waals surface area contributed by atoms with E-state index in [4.69, 9.17) is 0 Å². The third kappa shape index (κ3) is 2.92. The van der Waals surface area contributed by atoms with Crippen LogP contribution >= 0.6 is 22.6 Å². The Bertz CT molecular complexity index is 338. The zero-order valence-electron chi connectivity index (χ0n) is 8.91. The van der Waals surface area contributed by atoms with Crippen LogP contribution in [-0.4, -0.2) is 35.7 Å². The fraction of sp³-hybridized carbons (Fsp3) is 0.500. The van der Waals surface area contributed by atoms with E-state index >= 15 is 0 Å². The molecule has 2 nitrogen and oxygen atoms in total. The van der Waals surface area contributed by atoms with Crippen molar-refractivity contribution in [3.63, 3.8) is 0 Å². The summed E-state index contributed by atoms with van der Waals surface area (Å²) in [6, 6.07) is 8.41. The van der Waals surface area contributed by atoms with Crippen LogP contribution in [0.2, 0.25) is 0 Å². The third-order valence-electron chi connectivity index (χ3n) is 2.97. The lowest BCUT2D eigenvalue weighted by molar-refractivity contribution is 0.0523. The second-order valence-electron chi connectivity index (χ2n) is 4.52. The maximum Gasteiger partial charge on any atom is 0.0826 e. The number of likely N-dealkylation sites (tertiary alicyclic amines) is 1. The van der Waals surface area contributed by atoms with Gasteiger partial charge in [-0.1, -0.05) is 12.1 Å². The predicted octanol–water partition coefficient (Wildman–Crippen LogP) is 1.90. The Morgan fingerprint density at radius 1 is 1.40 bits per heavy atom. The first kappa shape index (κ1) is 11.4. The quantitative estimate of drug-likeness (QED) is 0.842. The van der Waals surface area contributed by atoms with Crippen LogP contribution in [-0.2, 0) is 6.42 Å². The molecule has 0 amide bonds. The molecule has 1 aromatic carbocycles. The molecule has 82 valence electrons. The molecule has 1 aliphatic heterocycles. The minimum absolute atomic E-state index is 0.512. The first-order chi connectivity index (χ1) is 7.07. The van der Waals surface area contributed by atoms with E-state index in [-0.39, 0.29) is 0 Å². The molecular weight excluding hydrogens is 301 g/mol. The van der Waals surface area contributed by atoms with Crippen molar-refractivity contribution in [1.82, 2.24) is 4.90 Å². The van der Waals surface area contributed by atoms with Gasteiger partial charge in [0, 0.05) is 23.1 Å². The van der Waals surface area contributed by atoms with Crippen molar-refractivity contribution in [2.75, 3.05) is 20.1 Å². The van der Waals surface area contributed by atoms with E-state index in [0.29, 0.717) is 0 Å². The zero-order valence-corrected chi connectivity index (χ0v) is 11.1. The number of aliphatic hydroxyl groups is 1. The molecule has 2 rings (SSSR count). The molecule has 1 atom stereocenters. The molecule has 1 aliphatic rings. The molecule has 0 bridgehead atoms. The first-order valence-electron chi connectivity index (χ1n) is 5.23. The van der Waals surface area contributed by atoms with Gasteiger partial charge in [-0.2, -0.15) is 0 Å². The summed E-state index contributed by atoms with van der Waals surface area (Å²) < 4.78 is 1.24. The van der Waals surface area contributed by atoms with Gasteiger partial charge in [-0.15, -0.1) is 0 Å². The summed E-state index contributed by atoms with van der Waals surface area (Å²) in [5.74, 6) is 0. The highest BCUT2D eigenvalue weighted by atomic mass is 127. The minimum atomic E-state index is -0.512. The van der Waals surface area contributed by atoms with E-state index in [0.717, 1.165) is 25.9 Å². The van der Waals surface area contributed by atoms with E-state index < -0.39 is 5.60 Å². The highest BCUT2D eigenvalue weighted by molar-refractivity contribution is 14.1. The molecule has 0 aliphatic carbocycles. The van der Waals surface area contributed by atoms with Gasteiger partial charge < -0.3 is 10.0 Å². The topological polar surface area (TPSA) is 23.5 Å². The van der Waals surface area contributed by atoms with E-state index in [1.54, 1.807) is 0 Å². The lowest BCUT2D eigenvalue weighted by Gasteiger charge is -2.22. The summed E-state index contributed by atoms with van der Waals surface area (Å²) in [7, 11) is 2.06. The van der Waals surface area contributed by atoms with Crippen molar-refractivity contribution < 1.29 is 5.11 Å². The summed E-state index contributed by atoms with van der Waals surface area (Å²) in [5, 5.41) is 10.3. The predicted molar refractivity (Wildman–Crippen MR) is 69.9 cm³/mol. The maximum atomic E-state index is 10.3. The molecule has 3 heteroatoms. The van der Waals surface area contributed by atoms with Crippen LogP contribution in [0, 0.1) is 3.57 Å². The summed E-state index contributed by atoms with van der Waals surface area (Å²) in [4.78, 5) is 2.19. The number of rotatable bonds is 2. The number of β-amino-alcohol motifs (C(OH)–C–C–N with tert-alkyl or cyclic N) is 1. The van der Waals surface area contributed by atoms with Crippen molar-refractivity contribution in [1.29, 1.82) is 0 Å². The van der Waals surface area contributed by atoms with Crippen molar-refractivity contribution in [3.8, 4) is 0 Å². The average Bonchev–Trinajstić information content (AvgIpc) is 2.50. The Balaban J connectivity index is 2.05. The second-order valence-corrected chi connectivity index (χ2v) is 5.76. The Labute approximate surface area is 104 Å². The first-order valence-corrected chi connectivity index (χ1v) is 6.31. The van der Waals surface area contributed by atoms with Gasteiger partial charge in [-0.3, -0.25) is 0 Å². The van der Waals surface area contributed by atoms with E-state index in [1.807, 2.05) is 0 Å². The lowest BCUT2D eigenvalue weighted by Crippen LogP contribution is -2.34. The van der Waals surface area contributed by atoms with Crippen LogP contribution in [0.15, 0.2) is 24.3 Å². The van der Waals surface area contributed by atoms with Crippen LogP contribution in [0.4, 0.5) is 0 Å². The SMILES string of the molecule is CN1CCC(O)(Cc2ccc(I)cc2)C1. The summed E-state index contributed by atoms with van der Waals surface area (Å²) in [6.07, 6.45) is 1.66. The molecule has 0 spiro atoms. The fourth-order valence-corrected chi connectivity index (χ4v) is 2.55. The normalized spacial score (nSPS) is 27.1. The molecule has 1 aromatic rings. The van der Waals surface area contributed by atoms with Crippen LogP contribution in [0.5, 0.6) is 0 Å². The van der Waals surface area contributed by atoms with Crippen LogP contribution in [0.1, 0.15) is 12.0 Å². The van der Waals surface area contributed by atoms with Crippen molar-refractivity contribution in [3.05, 3.63) is 33.4 Å². The van der Waals surface area contributed by atoms with Crippen LogP contribution in [0.3, 0.4) is 0 Å².